The Morgan fingerprint density at radius 1 is 1.14 bits per heavy atom. The number of fused-ring (bicyclic) bond motifs is 1. The van der Waals surface area contributed by atoms with Crippen LogP contribution in [0.25, 0.3) is 22.2 Å². The average molecular weight is 618 g/mol. The predicted octanol–water partition coefficient (Wildman–Crippen LogP) is 5.34. The maximum atomic E-state index is 14.2. The lowest BCUT2D eigenvalue weighted by molar-refractivity contribution is -0.137. The summed E-state index contributed by atoms with van der Waals surface area (Å²) in [5, 5.41) is 0.646. The molecule has 1 aromatic carbocycles. The van der Waals surface area contributed by atoms with Gasteiger partial charge >= 0.3 is 12.2 Å². The maximum Gasteiger partial charge on any atom is 0.418 e. The summed E-state index contributed by atoms with van der Waals surface area (Å²) in [7, 11) is 4.01. The third-order valence-electron chi connectivity index (χ3n) is 8.16. The number of anilines is 2. The molecule has 13 heteroatoms. The number of aryl methyl sites for hydroxylation is 1. The molecule has 2 aliphatic rings. The number of carbonyl (C=O) groups is 1. The van der Waals surface area contributed by atoms with Crippen molar-refractivity contribution in [2.24, 2.45) is 0 Å². The van der Waals surface area contributed by atoms with E-state index in [4.69, 9.17) is 32.0 Å². The van der Waals surface area contributed by atoms with Crippen molar-refractivity contribution in [2.75, 3.05) is 44.4 Å². The van der Waals surface area contributed by atoms with E-state index in [0.717, 1.165) is 25.5 Å². The van der Waals surface area contributed by atoms with Gasteiger partial charge < -0.3 is 25.2 Å². The Morgan fingerprint density at radius 2 is 1.91 bits per heavy atom. The summed E-state index contributed by atoms with van der Waals surface area (Å²) in [5.41, 5.74) is 5.04. The van der Waals surface area contributed by atoms with Gasteiger partial charge in [0, 0.05) is 48.9 Å². The number of nitrogen functional groups attached to an aromatic ring is 1. The van der Waals surface area contributed by atoms with E-state index >= 15 is 0 Å². The fourth-order valence-corrected chi connectivity index (χ4v) is 6.43. The molecule has 3 heterocycles. The molecule has 1 aliphatic heterocycles. The van der Waals surface area contributed by atoms with Crippen LogP contribution in [0.15, 0.2) is 30.5 Å². The van der Waals surface area contributed by atoms with Gasteiger partial charge in [-0.1, -0.05) is 11.6 Å². The number of alkyl halides is 3. The number of allylic oxidation sites excluding steroid dienone is 1. The molecule has 2 fully saturated rings. The van der Waals surface area contributed by atoms with Crippen molar-refractivity contribution < 1.29 is 22.7 Å². The van der Waals surface area contributed by atoms with E-state index < -0.39 is 11.7 Å². The Balaban J connectivity index is 1.66. The number of nitrogens with two attached hydrogens (primary N) is 1. The first-order valence-corrected chi connectivity index (χ1v) is 14.6. The molecule has 0 radical (unpaired) electrons. The Hall–Kier alpha value is -3.64. The number of aldehydes is 1. The highest BCUT2D eigenvalue weighted by Gasteiger charge is 2.38. The molecule has 3 atom stereocenters. The zero-order valence-corrected chi connectivity index (χ0v) is 25.3. The van der Waals surface area contributed by atoms with Crippen molar-refractivity contribution in [3.8, 4) is 17.3 Å². The van der Waals surface area contributed by atoms with E-state index in [1.54, 1.807) is 12.3 Å². The van der Waals surface area contributed by atoms with Crippen molar-refractivity contribution in [1.29, 1.82) is 0 Å². The highest BCUT2D eigenvalue weighted by Crippen LogP contribution is 2.43. The number of carbonyl (C=O) groups excluding carboxylic acids is 1. The zero-order chi connectivity index (χ0) is 31.1. The van der Waals surface area contributed by atoms with Crippen LogP contribution in [0.4, 0.5) is 24.8 Å². The van der Waals surface area contributed by atoms with Gasteiger partial charge in [0.25, 0.3) is 0 Å². The van der Waals surface area contributed by atoms with Crippen LogP contribution in [-0.2, 0) is 11.0 Å². The number of piperazine rings is 1. The van der Waals surface area contributed by atoms with Crippen molar-refractivity contribution in [3.05, 3.63) is 46.6 Å². The smallest absolute Gasteiger partial charge is 0.418 e. The maximum absolute atomic E-state index is 14.2. The summed E-state index contributed by atoms with van der Waals surface area (Å²) < 4.78 is 49.0. The van der Waals surface area contributed by atoms with E-state index in [-0.39, 0.29) is 51.9 Å². The number of rotatable bonds is 7. The predicted molar refractivity (Wildman–Crippen MR) is 161 cm³/mol. The topological polar surface area (TPSA) is 101 Å². The van der Waals surface area contributed by atoms with Crippen LogP contribution in [-0.4, -0.2) is 83.0 Å². The summed E-state index contributed by atoms with van der Waals surface area (Å²) >= 11 is 6.71. The molecule has 0 spiro atoms. The number of aromatic nitrogens is 3. The third kappa shape index (κ3) is 6.35. The molecule has 3 aromatic rings. The van der Waals surface area contributed by atoms with E-state index in [9.17, 15) is 18.0 Å². The molecule has 0 bridgehead atoms. The monoisotopic (exact) mass is 617 g/mol. The van der Waals surface area contributed by atoms with Crippen LogP contribution in [0.3, 0.4) is 0 Å². The van der Waals surface area contributed by atoms with Gasteiger partial charge in [0.1, 0.15) is 24.0 Å². The molecule has 43 heavy (non-hydrogen) atoms. The Labute approximate surface area is 253 Å². The molecule has 1 saturated heterocycles. The third-order valence-corrected chi connectivity index (χ3v) is 8.48. The largest absolute Gasteiger partial charge is 0.458 e. The summed E-state index contributed by atoms with van der Waals surface area (Å²) in [5.74, 6) is 0.530. The molecule has 0 amide bonds. The lowest BCUT2D eigenvalue weighted by Crippen LogP contribution is -2.50. The number of hydrogen-bond donors (Lipinski definition) is 1. The number of ether oxygens (including phenoxy) is 1. The molecule has 5 rings (SSSR count). The van der Waals surface area contributed by atoms with Gasteiger partial charge in [0.05, 0.1) is 21.8 Å². The van der Waals surface area contributed by atoms with Crippen LogP contribution in [0, 0.1) is 6.92 Å². The summed E-state index contributed by atoms with van der Waals surface area (Å²) in [6, 6.07) is 4.61. The molecule has 1 aliphatic carbocycles. The van der Waals surface area contributed by atoms with Gasteiger partial charge in [-0.3, -0.25) is 4.79 Å². The number of hydrogen-bond acceptors (Lipinski definition) is 9. The first-order chi connectivity index (χ1) is 20.4. The molecule has 230 valence electrons. The van der Waals surface area contributed by atoms with Gasteiger partial charge in [-0.25, -0.2) is 4.98 Å². The van der Waals surface area contributed by atoms with E-state index in [0.29, 0.717) is 36.4 Å². The minimum Gasteiger partial charge on any atom is -0.458 e. The minimum atomic E-state index is -4.68. The van der Waals surface area contributed by atoms with E-state index in [1.165, 1.54) is 25.1 Å². The fraction of sp³-hybridized carbons (Fsp3) is 0.467. The average Bonchev–Trinajstić information content (AvgIpc) is 3.39. The lowest BCUT2D eigenvalue weighted by Gasteiger charge is -2.40. The molecular weight excluding hydrogens is 583 g/mol. The second-order valence-electron chi connectivity index (χ2n) is 11.4. The molecule has 1 saturated carbocycles. The van der Waals surface area contributed by atoms with Crippen LogP contribution in [0.1, 0.15) is 37.3 Å². The summed E-state index contributed by atoms with van der Waals surface area (Å²) in [4.78, 5) is 30.7. The van der Waals surface area contributed by atoms with E-state index in [2.05, 4.69) is 14.8 Å². The zero-order valence-electron chi connectivity index (χ0n) is 24.5. The van der Waals surface area contributed by atoms with Gasteiger partial charge in [0.2, 0.25) is 0 Å². The van der Waals surface area contributed by atoms with Gasteiger partial charge in [-0.2, -0.15) is 23.1 Å². The van der Waals surface area contributed by atoms with Crippen LogP contribution < -0.4 is 15.4 Å². The first kappa shape index (κ1) is 30.8. The molecular formula is C30H35ClF3N7O2. The standard InChI is InChI=1S/C30H35ClF3N7O2/c1-17-13-25(35)37-27(26(17)30(32,33)34)19-15-22-20(14-21(19)31)28(41-11-10-40(9-6-12-42)16-18(41)2)38-29(36-22)43-24-8-5-7-23(24)39(3)4/h6,9,12-15,18,23-24H,5,7-8,10-11,16H2,1-4H3,(H2,35,37)/t18-,23?,24?/m0/s1. The molecule has 2 N–H and O–H groups in total. The van der Waals surface area contributed by atoms with E-state index in [1.807, 2.05) is 25.9 Å². The second-order valence-corrected chi connectivity index (χ2v) is 11.8. The van der Waals surface area contributed by atoms with Crippen LogP contribution in [0.5, 0.6) is 6.01 Å². The highest BCUT2D eigenvalue weighted by molar-refractivity contribution is 6.34. The van der Waals surface area contributed by atoms with Gasteiger partial charge in [-0.15, -0.1) is 0 Å². The number of pyridine rings is 1. The fourth-order valence-electron chi connectivity index (χ4n) is 6.18. The highest BCUT2D eigenvalue weighted by atomic mass is 35.5. The minimum absolute atomic E-state index is 0.0227. The number of halogens is 4. The van der Waals surface area contributed by atoms with Gasteiger partial charge in [-0.05, 0) is 77.0 Å². The quantitative estimate of drug-likeness (QED) is 0.278. The summed E-state index contributed by atoms with van der Waals surface area (Å²) in [6.07, 6.45) is 1.96. The molecule has 2 aromatic heterocycles. The SMILES string of the molecule is Cc1cc(N)nc(-c2cc3nc(OC4CCCC4N(C)C)nc(N4CCN(C=CC=O)C[C@@H]4C)c3cc2Cl)c1C(F)(F)F. The van der Waals surface area contributed by atoms with Gasteiger partial charge in [0.15, 0.2) is 0 Å². The second kappa shape index (κ2) is 12.2. The number of benzene rings is 1. The lowest BCUT2D eigenvalue weighted by atomic mass is 9.99. The number of nitrogens with zero attached hydrogens (tertiary/aromatic N) is 6. The molecule has 2 unspecified atom stereocenters. The van der Waals surface area contributed by atoms with Crippen molar-refractivity contribution in [2.45, 2.75) is 57.5 Å². The van der Waals surface area contributed by atoms with Crippen molar-refractivity contribution in [3.63, 3.8) is 0 Å². The van der Waals surface area contributed by atoms with Crippen molar-refractivity contribution in [1.82, 2.24) is 24.8 Å². The summed E-state index contributed by atoms with van der Waals surface area (Å²) in [6.45, 7) is 5.23. The van der Waals surface area contributed by atoms with Crippen molar-refractivity contribution >= 4 is 40.4 Å². The normalized spacial score (nSPS) is 21.4. The van der Waals surface area contributed by atoms with Crippen LogP contribution in [0.2, 0.25) is 5.02 Å². The first-order valence-electron chi connectivity index (χ1n) is 14.2. The molecule has 9 nitrogen and oxygen atoms in total. The number of likely N-dealkylation sites (N-methyl/N-ethyl adjacent to an activating group) is 1. The Morgan fingerprint density at radius 3 is 2.58 bits per heavy atom. The Kier molecular flexibility index (Phi) is 8.71. The van der Waals surface area contributed by atoms with Crippen LogP contribution >= 0.6 is 11.6 Å². The Bertz CT molecular complexity index is 1550.